The molecule has 0 aliphatic heterocycles. The second kappa shape index (κ2) is 3.98. The molecule has 0 fully saturated rings. The van der Waals surface area contributed by atoms with E-state index in [1.165, 1.54) is 0 Å². The summed E-state index contributed by atoms with van der Waals surface area (Å²) >= 11 is 0. The van der Waals surface area contributed by atoms with E-state index < -0.39 is 0 Å². The molecule has 3 nitrogen and oxygen atoms in total. The fourth-order valence-electron chi connectivity index (χ4n) is 3.12. The van der Waals surface area contributed by atoms with E-state index in [9.17, 15) is 4.79 Å². The molecule has 5 rings (SSSR count). The maximum absolute atomic E-state index is 12.3. The van der Waals surface area contributed by atoms with Crippen LogP contribution in [0, 0.1) is 0 Å². The maximum Gasteiger partial charge on any atom is 0.344 e. The van der Waals surface area contributed by atoms with E-state index in [2.05, 4.69) is 0 Å². The van der Waals surface area contributed by atoms with Gasteiger partial charge < -0.3 is 8.83 Å². The van der Waals surface area contributed by atoms with Crippen LogP contribution in [0.25, 0.3) is 43.7 Å². The van der Waals surface area contributed by atoms with Crippen LogP contribution in [0.5, 0.6) is 0 Å². The molecular weight excluding hydrogens is 276 g/mol. The summed E-state index contributed by atoms with van der Waals surface area (Å²) in [5, 5.41) is 4.30. The Bertz CT molecular complexity index is 1240. The van der Waals surface area contributed by atoms with Crippen molar-refractivity contribution in [2.24, 2.45) is 0 Å². The van der Waals surface area contributed by atoms with Crippen molar-refractivity contribution in [3.05, 3.63) is 71.1 Å². The van der Waals surface area contributed by atoms with E-state index in [4.69, 9.17) is 8.83 Å². The Morgan fingerprint density at radius 2 is 1.36 bits per heavy atom. The highest BCUT2D eigenvalue weighted by atomic mass is 16.4. The maximum atomic E-state index is 12.3. The van der Waals surface area contributed by atoms with Gasteiger partial charge in [-0.15, -0.1) is 0 Å². The summed E-state index contributed by atoms with van der Waals surface area (Å²) in [4.78, 5) is 12.3. The molecule has 0 spiro atoms. The standard InChI is InChI=1S/C19H10O3/c20-19-14-8-4-3-7-13(14)17-18(22-19)16-12-6-2-1-5-11(12)9-10-15(16)21-17/h1-10H. The monoisotopic (exact) mass is 286 g/mol. The molecule has 0 bridgehead atoms. The highest BCUT2D eigenvalue weighted by Gasteiger charge is 2.16. The molecule has 0 atom stereocenters. The first-order valence-electron chi connectivity index (χ1n) is 7.09. The Morgan fingerprint density at radius 1 is 0.636 bits per heavy atom. The van der Waals surface area contributed by atoms with Crippen molar-refractivity contribution in [2.45, 2.75) is 0 Å². The molecule has 3 aromatic carbocycles. The zero-order chi connectivity index (χ0) is 14.7. The zero-order valence-corrected chi connectivity index (χ0v) is 11.5. The number of furan rings is 1. The van der Waals surface area contributed by atoms with E-state index in [0.29, 0.717) is 16.6 Å². The first-order valence-corrected chi connectivity index (χ1v) is 7.09. The fourth-order valence-corrected chi connectivity index (χ4v) is 3.12. The molecule has 5 aromatic rings. The lowest BCUT2D eigenvalue weighted by Crippen LogP contribution is -1.98. The Kier molecular flexibility index (Phi) is 2.09. The summed E-state index contributed by atoms with van der Waals surface area (Å²) in [7, 11) is 0. The summed E-state index contributed by atoms with van der Waals surface area (Å²) in [5.41, 5.74) is 1.55. The van der Waals surface area contributed by atoms with Crippen molar-refractivity contribution in [3.63, 3.8) is 0 Å². The van der Waals surface area contributed by atoms with Crippen molar-refractivity contribution < 1.29 is 8.83 Å². The summed E-state index contributed by atoms with van der Waals surface area (Å²) in [6.07, 6.45) is 0. The normalized spacial score (nSPS) is 11.8. The molecule has 0 saturated carbocycles. The number of rotatable bonds is 0. The molecule has 0 unspecified atom stereocenters. The van der Waals surface area contributed by atoms with Gasteiger partial charge in [0.1, 0.15) is 5.58 Å². The summed E-state index contributed by atoms with van der Waals surface area (Å²) in [5.74, 6) is 0. The van der Waals surface area contributed by atoms with Crippen molar-refractivity contribution in [2.75, 3.05) is 0 Å². The fraction of sp³-hybridized carbons (Fsp3) is 0. The van der Waals surface area contributed by atoms with Crippen molar-refractivity contribution in [3.8, 4) is 0 Å². The topological polar surface area (TPSA) is 43.4 Å². The highest BCUT2D eigenvalue weighted by molar-refractivity contribution is 6.20. The minimum absolute atomic E-state index is 0.335. The quantitative estimate of drug-likeness (QED) is 0.409. The molecular formula is C19H10O3. The van der Waals surface area contributed by atoms with E-state index in [0.717, 1.165) is 27.1 Å². The van der Waals surface area contributed by atoms with Crippen molar-refractivity contribution in [1.29, 1.82) is 0 Å². The summed E-state index contributed by atoms with van der Waals surface area (Å²) in [6, 6.07) is 19.3. The number of benzene rings is 3. The van der Waals surface area contributed by atoms with Crippen LogP contribution in [0.3, 0.4) is 0 Å². The van der Waals surface area contributed by atoms with Gasteiger partial charge in [-0.3, -0.25) is 0 Å². The average molecular weight is 286 g/mol. The molecule has 0 N–H and O–H groups in total. The second-order valence-electron chi connectivity index (χ2n) is 5.36. The molecule has 0 aliphatic carbocycles. The van der Waals surface area contributed by atoms with Crippen molar-refractivity contribution >= 4 is 43.7 Å². The Hall–Kier alpha value is -3.07. The highest BCUT2D eigenvalue weighted by Crippen LogP contribution is 2.36. The van der Waals surface area contributed by atoms with Gasteiger partial charge in [0.25, 0.3) is 0 Å². The number of hydrogen-bond acceptors (Lipinski definition) is 3. The van der Waals surface area contributed by atoms with Crippen LogP contribution in [0.4, 0.5) is 0 Å². The Labute approximate surface area is 124 Å². The summed E-state index contributed by atoms with van der Waals surface area (Å²) < 4.78 is 11.6. The van der Waals surface area contributed by atoms with Gasteiger partial charge in [0.05, 0.1) is 10.8 Å². The van der Waals surface area contributed by atoms with Crippen LogP contribution in [0.15, 0.2) is 74.3 Å². The van der Waals surface area contributed by atoms with E-state index in [1.807, 2.05) is 54.6 Å². The van der Waals surface area contributed by atoms with Gasteiger partial charge in [0, 0.05) is 5.39 Å². The van der Waals surface area contributed by atoms with Gasteiger partial charge in [0.2, 0.25) is 0 Å². The van der Waals surface area contributed by atoms with Crippen LogP contribution in [0.2, 0.25) is 0 Å². The van der Waals surface area contributed by atoms with Gasteiger partial charge in [0.15, 0.2) is 11.2 Å². The predicted octanol–water partition coefficient (Wildman–Crippen LogP) is 4.85. The molecule has 0 saturated heterocycles. The van der Waals surface area contributed by atoms with Gasteiger partial charge in [-0.2, -0.15) is 0 Å². The minimum atomic E-state index is -0.335. The molecule has 2 heterocycles. The molecule has 0 radical (unpaired) electrons. The predicted molar refractivity (Wildman–Crippen MR) is 87.3 cm³/mol. The molecule has 0 amide bonds. The lowest BCUT2D eigenvalue weighted by molar-refractivity contribution is 0.564. The van der Waals surface area contributed by atoms with Crippen LogP contribution >= 0.6 is 0 Å². The lowest BCUT2D eigenvalue weighted by Gasteiger charge is -1.98. The Morgan fingerprint density at radius 3 is 2.23 bits per heavy atom. The summed E-state index contributed by atoms with van der Waals surface area (Å²) in [6.45, 7) is 0. The molecule has 104 valence electrons. The number of fused-ring (bicyclic) bond motifs is 7. The van der Waals surface area contributed by atoms with Crippen LogP contribution in [0.1, 0.15) is 0 Å². The third-order valence-electron chi connectivity index (χ3n) is 4.12. The lowest BCUT2D eigenvalue weighted by atomic mass is 10.1. The second-order valence-corrected chi connectivity index (χ2v) is 5.36. The average Bonchev–Trinajstić information content (AvgIpc) is 2.94. The van der Waals surface area contributed by atoms with E-state index in [-0.39, 0.29) is 5.63 Å². The van der Waals surface area contributed by atoms with Crippen LogP contribution in [-0.2, 0) is 0 Å². The third-order valence-corrected chi connectivity index (χ3v) is 4.12. The van der Waals surface area contributed by atoms with E-state index in [1.54, 1.807) is 6.07 Å². The minimum Gasteiger partial charge on any atom is -0.452 e. The van der Waals surface area contributed by atoms with Gasteiger partial charge >= 0.3 is 5.63 Å². The van der Waals surface area contributed by atoms with Gasteiger partial charge in [-0.05, 0) is 22.9 Å². The zero-order valence-electron chi connectivity index (χ0n) is 11.5. The Balaban J connectivity index is 2.16. The van der Waals surface area contributed by atoms with Crippen LogP contribution in [-0.4, -0.2) is 0 Å². The van der Waals surface area contributed by atoms with Crippen molar-refractivity contribution in [1.82, 2.24) is 0 Å². The van der Waals surface area contributed by atoms with Crippen LogP contribution < -0.4 is 5.63 Å². The molecule has 22 heavy (non-hydrogen) atoms. The van der Waals surface area contributed by atoms with E-state index >= 15 is 0 Å². The van der Waals surface area contributed by atoms with Gasteiger partial charge in [-0.25, -0.2) is 4.79 Å². The SMILES string of the molecule is O=c1oc2c(oc3ccc4ccccc4c32)c2ccccc12. The molecule has 0 aliphatic rings. The first kappa shape index (κ1) is 11.6. The molecule has 2 aromatic heterocycles. The third kappa shape index (κ3) is 1.37. The molecule has 3 heteroatoms. The smallest absolute Gasteiger partial charge is 0.344 e. The number of hydrogen-bond donors (Lipinski definition) is 0. The first-order chi connectivity index (χ1) is 10.8. The van der Waals surface area contributed by atoms with Gasteiger partial charge in [-0.1, -0.05) is 48.5 Å². The largest absolute Gasteiger partial charge is 0.452 e.